The second kappa shape index (κ2) is 6.11. The van der Waals surface area contributed by atoms with E-state index in [2.05, 4.69) is 15.9 Å². The van der Waals surface area contributed by atoms with E-state index in [1.54, 1.807) is 12.1 Å². The molecular weight excluding hydrogens is 273 g/mol. The highest BCUT2D eigenvalue weighted by atomic mass is 79.9. The molecule has 0 aliphatic carbocycles. The van der Waals surface area contributed by atoms with Gasteiger partial charge in [-0.2, -0.15) is 0 Å². The molecule has 1 unspecified atom stereocenters. The fraction of sp³-hybridized carbons (Fsp3) is 0.417. The summed E-state index contributed by atoms with van der Waals surface area (Å²) in [5.74, 6) is -0.405. The highest BCUT2D eigenvalue weighted by molar-refractivity contribution is 9.10. The van der Waals surface area contributed by atoms with Crippen LogP contribution in [0.1, 0.15) is 18.9 Å². The van der Waals surface area contributed by atoms with E-state index >= 15 is 0 Å². The van der Waals surface area contributed by atoms with Crippen molar-refractivity contribution in [1.82, 2.24) is 0 Å². The van der Waals surface area contributed by atoms with Gasteiger partial charge in [-0.3, -0.25) is 4.79 Å². The number of rotatable bonds is 5. The van der Waals surface area contributed by atoms with E-state index in [1.165, 1.54) is 6.07 Å². The summed E-state index contributed by atoms with van der Waals surface area (Å²) in [5.41, 5.74) is 6.18. The standard InChI is InChI=1S/C12H15BrFNO/c1-2-8(7-15)11(16)6-9-4-3-5-10(14)12(9)13/h3-5,8H,2,6-7,15H2,1H3. The average Bonchev–Trinajstić information content (AvgIpc) is 2.26. The van der Waals surface area contributed by atoms with Crippen LogP contribution in [0, 0.1) is 11.7 Å². The number of Topliss-reactive ketones (excluding diaryl/α,β-unsaturated/α-hetero) is 1. The van der Waals surface area contributed by atoms with Crippen LogP contribution in [-0.4, -0.2) is 12.3 Å². The Morgan fingerprint density at radius 3 is 2.81 bits per heavy atom. The van der Waals surface area contributed by atoms with E-state index in [0.717, 1.165) is 6.42 Å². The molecule has 88 valence electrons. The van der Waals surface area contributed by atoms with Crippen LogP contribution in [0.4, 0.5) is 4.39 Å². The molecule has 2 nitrogen and oxygen atoms in total. The lowest BCUT2D eigenvalue weighted by atomic mass is 9.96. The maximum atomic E-state index is 13.2. The monoisotopic (exact) mass is 287 g/mol. The van der Waals surface area contributed by atoms with Crippen molar-refractivity contribution in [2.45, 2.75) is 19.8 Å². The van der Waals surface area contributed by atoms with Crippen molar-refractivity contribution in [2.75, 3.05) is 6.54 Å². The normalized spacial score (nSPS) is 12.5. The second-order valence-electron chi connectivity index (χ2n) is 3.70. The molecule has 4 heteroatoms. The Balaban J connectivity index is 2.80. The predicted octanol–water partition coefficient (Wildman–Crippen LogP) is 2.68. The zero-order valence-corrected chi connectivity index (χ0v) is 10.8. The number of benzene rings is 1. The minimum atomic E-state index is -0.342. The largest absolute Gasteiger partial charge is 0.330 e. The van der Waals surface area contributed by atoms with Gasteiger partial charge in [0.1, 0.15) is 11.6 Å². The minimum absolute atomic E-state index is 0.0660. The molecule has 1 aromatic rings. The number of hydrogen-bond acceptors (Lipinski definition) is 2. The summed E-state index contributed by atoms with van der Waals surface area (Å²) in [5, 5.41) is 0. The molecular formula is C12H15BrFNO. The summed E-state index contributed by atoms with van der Waals surface area (Å²) in [6.07, 6.45) is 0.955. The fourth-order valence-electron chi connectivity index (χ4n) is 1.54. The predicted molar refractivity (Wildman–Crippen MR) is 65.6 cm³/mol. The van der Waals surface area contributed by atoms with Crippen LogP contribution in [0.5, 0.6) is 0 Å². The van der Waals surface area contributed by atoms with E-state index in [1.807, 2.05) is 6.92 Å². The van der Waals surface area contributed by atoms with Crippen LogP contribution in [0.25, 0.3) is 0 Å². The molecule has 0 fully saturated rings. The van der Waals surface area contributed by atoms with Crippen molar-refractivity contribution in [3.8, 4) is 0 Å². The lowest BCUT2D eigenvalue weighted by molar-refractivity contribution is -0.122. The van der Waals surface area contributed by atoms with Gasteiger partial charge in [0.05, 0.1) is 4.47 Å². The molecule has 0 spiro atoms. The van der Waals surface area contributed by atoms with Crippen LogP contribution in [0.2, 0.25) is 0 Å². The van der Waals surface area contributed by atoms with E-state index in [4.69, 9.17) is 5.73 Å². The highest BCUT2D eigenvalue weighted by Gasteiger charge is 2.16. The maximum absolute atomic E-state index is 13.2. The summed E-state index contributed by atoms with van der Waals surface area (Å²) < 4.78 is 13.6. The lowest BCUT2D eigenvalue weighted by Gasteiger charge is -2.11. The first-order valence-electron chi connectivity index (χ1n) is 5.25. The van der Waals surface area contributed by atoms with Crippen LogP contribution >= 0.6 is 15.9 Å². The molecule has 0 amide bonds. The number of carbonyl (C=O) groups is 1. The van der Waals surface area contributed by atoms with Gasteiger partial charge in [-0.05, 0) is 34.0 Å². The first kappa shape index (κ1) is 13.3. The van der Waals surface area contributed by atoms with Crippen molar-refractivity contribution < 1.29 is 9.18 Å². The van der Waals surface area contributed by atoms with Crippen molar-refractivity contribution in [2.24, 2.45) is 11.7 Å². The topological polar surface area (TPSA) is 43.1 Å². The summed E-state index contributed by atoms with van der Waals surface area (Å²) in [6, 6.07) is 4.71. The van der Waals surface area contributed by atoms with E-state index in [0.29, 0.717) is 16.6 Å². The Bertz CT molecular complexity index is 377. The third-order valence-corrected chi connectivity index (χ3v) is 3.52. The molecule has 1 atom stereocenters. The molecule has 0 radical (unpaired) electrons. The highest BCUT2D eigenvalue weighted by Crippen LogP contribution is 2.22. The molecule has 0 aliphatic rings. The Hall–Kier alpha value is -0.740. The molecule has 0 saturated carbocycles. The Labute approximate surface area is 103 Å². The quantitative estimate of drug-likeness (QED) is 0.905. The number of hydrogen-bond donors (Lipinski definition) is 1. The van der Waals surface area contributed by atoms with Crippen LogP contribution in [0.15, 0.2) is 22.7 Å². The SMILES string of the molecule is CCC(CN)C(=O)Cc1cccc(F)c1Br. The molecule has 0 aromatic heterocycles. The molecule has 0 aliphatic heterocycles. The van der Waals surface area contributed by atoms with Crippen LogP contribution < -0.4 is 5.73 Å². The van der Waals surface area contributed by atoms with E-state index < -0.39 is 0 Å². The molecule has 1 rings (SSSR count). The Morgan fingerprint density at radius 1 is 1.56 bits per heavy atom. The van der Waals surface area contributed by atoms with E-state index in [-0.39, 0.29) is 23.9 Å². The summed E-state index contributed by atoms with van der Waals surface area (Å²) in [4.78, 5) is 11.8. The van der Waals surface area contributed by atoms with Gasteiger partial charge in [-0.25, -0.2) is 4.39 Å². The minimum Gasteiger partial charge on any atom is -0.330 e. The molecule has 2 N–H and O–H groups in total. The molecule has 16 heavy (non-hydrogen) atoms. The second-order valence-corrected chi connectivity index (χ2v) is 4.49. The number of ketones is 1. The van der Waals surface area contributed by atoms with E-state index in [9.17, 15) is 9.18 Å². The summed E-state index contributed by atoms with van der Waals surface area (Å²) in [7, 11) is 0. The molecule has 0 heterocycles. The maximum Gasteiger partial charge on any atom is 0.141 e. The first-order valence-corrected chi connectivity index (χ1v) is 6.05. The van der Waals surface area contributed by atoms with Gasteiger partial charge in [-0.1, -0.05) is 19.1 Å². The summed E-state index contributed by atoms with van der Waals surface area (Å²) >= 11 is 3.14. The van der Waals surface area contributed by atoms with Crippen molar-refractivity contribution >= 4 is 21.7 Å². The average molecular weight is 288 g/mol. The van der Waals surface area contributed by atoms with Gasteiger partial charge in [-0.15, -0.1) is 0 Å². The summed E-state index contributed by atoms with van der Waals surface area (Å²) in [6.45, 7) is 2.28. The van der Waals surface area contributed by atoms with Gasteiger partial charge in [0.2, 0.25) is 0 Å². The molecule has 0 saturated heterocycles. The van der Waals surface area contributed by atoms with Gasteiger partial charge in [0.15, 0.2) is 0 Å². The fourth-order valence-corrected chi connectivity index (χ4v) is 1.95. The van der Waals surface area contributed by atoms with Gasteiger partial charge >= 0.3 is 0 Å². The van der Waals surface area contributed by atoms with Crippen molar-refractivity contribution in [3.05, 3.63) is 34.1 Å². The number of halogens is 2. The van der Waals surface area contributed by atoms with Crippen molar-refractivity contribution in [1.29, 1.82) is 0 Å². The van der Waals surface area contributed by atoms with Gasteiger partial charge in [0.25, 0.3) is 0 Å². The van der Waals surface area contributed by atoms with Crippen LogP contribution in [0.3, 0.4) is 0 Å². The van der Waals surface area contributed by atoms with Crippen molar-refractivity contribution in [3.63, 3.8) is 0 Å². The third-order valence-electron chi connectivity index (χ3n) is 2.63. The lowest BCUT2D eigenvalue weighted by Crippen LogP contribution is -2.24. The number of carbonyl (C=O) groups excluding carboxylic acids is 1. The zero-order chi connectivity index (χ0) is 12.1. The van der Waals surface area contributed by atoms with Gasteiger partial charge < -0.3 is 5.73 Å². The Kier molecular flexibility index (Phi) is 5.09. The van der Waals surface area contributed by atoms with Gasteiger partial charge in [0, 0.05) is 18.9 Å². The third kappa shape index (κ3) is 3.12. The molecule has 1 aromatic carbocycles. The Morgan fingerprint density at radius 2 is 2.25 bits per heavy atom. The smallest absolute Gasteiger partial charge is 0.141 e. The number of nitrogens with two attached hydrogens (primary N) is 1. The molecule has 0 bridgehead atoms. The zero-order valence-electron chi connectivity index (χ0n) is 9.17. The first-order chi connectivity index (χ1) is 7.60. The van der Waals surface area contributed by atoms with Crippen LogP contribution in [-0.2, 0) is 11.2 Å².